The maximum absolute atomic E-state index is 13.3. The zero-order valence-corrected chi connectivity index (χ0v) is 22.2. The van der Waals surface area contributed by atoms with Crippen LogP contribution in [-0.2, 0) is 11.4 Å². The summed E-state index contributed by atoms with van der Waals surface area (Å²) in [6.45, 7) is 2.76. The topological polar surface area (TPSA) is 65.8 Å². The fourth-order valence-corrected chi connectivity index (χ4v) is 5.89. The summed E-state index contributed by atoms with van der Waals surface area (Å²) in [5.41, 5.74) is 4.47. The highest BCUT2D eigenvalue weighted by Crippen LogP contribution is 2.45. The number of amides is 1. The van der Waals surface area contributed by atoms with Crippen molar-refractivity contribution in [3.8, 4) is 17.6 Å². The molecule has 2 heterocycles. The van der Waals surface area contributed by atoms with Gasteiger partial charge in [0.25, 0.3) is 0 Å². The van der Waals surface area contributed by atoms with Crippen LogP contribution in [0.4, 0.5) is 5.69 Å². The van der Waals surface area contributed by atoms with E-state index in [1.54, 1.807) is 12.0 Å². The van der Waals surface area contributed by atoms with Crippen LogP contribution in [0.15, 0.2) is 77.3 Å². The van der Waals surface area contributed by atoms with E-state index in [1.165, 1.54) is 11.8 Å². The van der Waals surface area contributed by atoms with Crippen LogP contribution in [-0.4, -0.2) is 30.5 Å². The summed E-state index contributed by atoms with van der Waals surface area (Å²) in [5, 5.41) is 11.6. The molecule has 2 aliphatic rings. The molecule has 1 saturated heterocycles. The van der Waals surface area contributed by atoms with E-state index in [0.29, 0.717) is 41.2 Å². The van der Waals surface area contributed by atoms with Crippen molar-refractivity contribution in [2.45, 2.75) is 25.9 Å². The summed E-state index contributed by atoms with van der Waals surface area (Å²) in [7, 11) is 1.59. The summed E-state index contributed by atoms with van der Waals surface area (Å²) in [6.07, 6.45) is 0.211. The lowest BCUT2D eigenvalue weighted by Gasteiger charge is -2.42. The lowest BCUT2D eigenvalue weighted by Crippen LogP contribution is -2.47. The normalized spacial score (nSPS) is 17.4. The highest BCUT2D eigenvalue weighted by molar-refractivity contribution is 8.03. The Balaban J connectivity index is 1.39. The molecular formula is C29H26ClN3O3S. The van der Waals surface area contributed by atoms with E-state index < -0.39 is 0 Å². The second kappa shape index (κ2) is 10.8. The number of thioether (sulfide) groups is 1. The van der Waals surface area contributed by atoms with Crippen molar-refractivity contribution in [2.24, 2.45) is 0 Å². The number of allylic oxidation sites excluding steroid dienone is 1. The van der Waals surface area contributed by atoms with Crippen molar-refractivity contribution >= 4 is 35.0 Å². The van der Waals surface area contributed by atoms with Crippen molar-refractivity contribution in [3.63, 3.8) is 0 Å². The lowest BCUT2D eigenvalue weighted by molar-refractivity contribution is -0.129. The average Bonchev–Trinajstić information content (AvgIpc) is 2.93. The van der Waals surface area contributed by atoms with Crippen LogP contribution in [0.3, 0.4) is 0 Å². The number of hydrogen-bond donors (Lipinski definition) is 0. The summed E-state index contributed by atoms with van der Waals surface area (Å²) in [4.78, 5) is 17.1. The Morgan fingerprint density at radius 3 is 2.65 bits per heavy atom. The standard InChI is InChI=1S/C29H26ClN3O3S/c1-19-8-10-22(13-25(19)30)32-17-33-28(34)14-23(24(15-31)29(33)37-18-32)21-9-11-26(27(12-21)35-2)36-16-20-6-4-3-5-7-20/h3-13,23H,14,16-18H2,1-2H3/t23-/m1/s1. The van der Waals surface area contributed by atoms with E-state index in [2.05, 4.69) is 11.0 Å². The Hall–Kier alpha value is -3.60. The average molecular weight is 532 g/mol. The number of carbonyl (C=O) groups is 1. The Morgan fingerprint density at radius 1 is 1.11 bits per heavy atom. The van der Waals surface area contributed by atoms with Crippen LogP contribution in [0.25, 0.3) is 0 Å². The van der Waals surface area contributed by atoms with Gasteiger partial charge in [0.1, 0.15) is 6.61 Å². The first-order valence-electron chi connectivity index (χ1n) is 11.9. The Bertz CT molecular complexity index is 1400. The number of aryl methyl sites for hydroxylation is 1. The Kier molecular flexibility index (Phi) is 7.31. The molecule has 6 nitrogen and oxygen atoms in total. The van der Waals surface area contributed by atoms with Gasteiger partial charge < -0.3 is 14.4 Å². The van der Waals surface area contributed by atoms with Gasteiger partial charge in [0, 0.05) is 23.0 Å². The van der Waals surface area contributed by atoms with Gasteiger partial charge in [0.05, 0.1) is 36.3 Å². The number of ether oxygens (including phenoxy) is 2. The Morgan fingerprint density at radius 2 is 1.92 bits per heavy atom. The number of rotatable bonds is 6. The fourth-order valence-electron chi connectivity index (χ4n) is 4.54. The van der Waals surface area contributed by atoms with E-state index in [1.807, 2.05) is 73.7 Å². The number of benzene rings is 3. The number of anilines is 1. The number of halogens is 1. The van der Waals surface area contributed by atoms with Gasteiger partial charge in [-0.3, -0.25) is 9.69 Å². The van der Waals surface area contributed by atoms with E-state index in [9.17, 15) is 10.1 Å². The van der Waals surface area contributed by atoms with Gasteiger partial charge in [-0.15, -0.1) is 0 Å². The van der Waals surface area contributed by atoms with Gasteiger partial charge in [-0.2, -0.15) is 5.26 Å². The summed E-state index contributed by atoms with van der Waals surface area (Å²) in [6, 6.07) is 23.9. The van der Waals surface area contributed by atoms with Gasteiger partial charge >= 0.3 is 0 Å². The minimum atomic E-state index is -0.339. The van der Waals surface area contributed by atoms with E-state index in [0.717, 1.165) is 27.4 Å². The smallest absolute Gasteiger partial charge is 0.229 e. The molecule has 188 valence electrons. The maximum Gasteiger partial charge on any atom is 0.229 e. The van der Waals surface area contributed by atoms with Gasteiger partial charge in [0.2, 0.25) is 5.91 Å². The summed E-state index contributed by atoms with van der Waals surface area (Å²) >= 11 is 7.84. The zero-order chi connectivity index (χ0) is 25.9. The SMILES string of the molecule is COc1cc([C@H]2CC(=O)N3CN(c4ccc(C)c(Cl)c4)CSC3=C2C#N)ccc1OCc1ccccc1. The van der Waals surface area contributed by atoms with Crippen LogP contribution >= 0.6 is 23.4 Å². The van der Waals surface area contributed by atoms with E-state index >= 15 is 0 Å². The number of nitriles is 1. The molecular weight excluding hydrogens is 506 g/mol. The molecule has 1 amide bonds. The van der Waals surface area contributed by atoms with Crippen molar-refractivity contribution in [1.82, 2.24) is 4.90 Å². The van der Waals surface area contributed by atoms with Crippen molar-refractivity contribution in [1.29, 1.82) is 5.26 Å². The third-order valence-corrected chi connectivity index (χ3v) is 8.20. The maximum atomic E-state index is 13.3. The molecule has 1 atom stereocenters. The summed E-state index contributed by atoms with van der Waals surface area (Å²) < 4.78 is 11.6. The van der Waals surface area contributed by atoms with Crippen molar-refractivity contribution in [3.05, 3.63) is 99.0 Å². The molecule has 5 rings (SSSR count). The number of carbonyl (C=O) groups excluding carboxylic acids is 1. The van der Waals surface area contributed by atoms with Crippen LogP contribution < -0.4 is 14.4 Å². The van der Waals surface area contributed by atoms with Gasteiger partial charge in [0.15, 0.2) is 11.5 Å². The van der Waals surface area contributed by atoms with Crippen molar-refractivity contribution in [2.75, 3.05) is 24.6 Å². The van der Waals surface area contributed by atoms with E-state index in [-0.39, 0.29) is 18.2 Å². The highest BCUT2D eigenvalue weighted by atomic mass is 35.5. The molecule has 2 aliphatic heterocycles. The molecule has 0 spiro atoms. The molecule has 3 aromatic carbocycles. The van der Waals surface area contributed by atoms with E-state index in [4.69, 9.17) is 21.1 Å². The molecule has 1 fully saturated rings. The molecule has 0 unspecified atom stereocenters. The number of hydrogen-bond acceptors (Lipinski definition) is 6. The molecule has 0 aliphatic carbocycles. The third-order valence-electron chi connectivity index (χ3n) is 6.64. The predicted octanol–water partition coefficient (Wildman–Crippen LogP) is 6.46. The molecule has 0 radical (unpaired) electrons. The molecule has 0 N–H and O–H groups in total. The van der Waals surface area contributed by atoms with Gasteiger partial charge in [-0.05, 0) is 47.9 Å². The van der Waals surface area contributed by atoms with Crippen LogP contribution in [0.1, 0.15) is 29.0 Å². The first-order valence-corrected chi connectivity index (χ1v) is 13.3. The van der Waals surface area contributed by atoms with Crippen LogP contribution in [0, 0.1) is 18.3 Å². The lowest BCUT2D eigenvalue weighted by atomic mass is 9.86. The minimum absolute atomic E-state index is 0.0159. The van der Waals surface area contributed by atoms with Crippen LogP contribution in [0.5, 0.6) is 11.5 Å². The first-order chi connectivity index (χ1) is 18.0. The Labute approximate surface area is 226 Å². The van der Waals surface area contributed by atoms with Crippen molar-refractivity contribution < 1.29 is 14.3 Å². The van der Waals surface area contributed by atoms with Gasteiger partial charge in [-0.25, -0.2) is 0 Å². The largest absolute Gasteiger partial charge is 0.493 e. The predicted molar refractivity (Wildman–Crippen MR) is 147 cm³/mol. The molecule has 37 heavy (non-hydrogen) atoms. The second-order valence-corrected chi connectivity index (χ2v) is 10.3. The highest BCUT2D eigenvalue weighted by Gasteiger charge is 2.38. The number of nitrogens with zero attached hydrogens (tertiary/aromatic N) is 3. The molecule has 0 saturated carbocycles. The number of methoxy groups -OCH3 is 1. The number of fused-ring (bicyclic) bond motifs is 1. The van der Waals surface area contributed by atoms with Gasteiger partial charge in [-0.1, -0.05) is 65.8 Å². The monoisotopic (exact) mass is 531 g/mol. The first kappa shape index (κ1) is 25.1. The summed E-state index contributed by atoms with van der Waals surface area (Å²) in [5.74, 6) is 1.45. The zero-order valence-electron chi connectivity index (χ0n) is 20.6. The molecule has 8 heteroatoms. The quantitative estimate of drug-likeness (QED) is 0.364. The second-order valence-electron chi connectivity index (χ2n) is 8.98. The fraction of sp³-hybridized carbons (Fsp3) is 0.241. The van der Waals surface area contributed by atoms with Crippen LogP contribution in [0.2, 0.25) is 5.02 Å². The minimum Gasteiger partial charge on any atom is -0.493 e. The third kappa shape index (κ3) is 5.13. The molecule has 0 bridgehead atoms. The molecule has 3 aromatic rings. The molecule has 0 aromatic heterocycles.